The van der Waals surface area contributed by atoms with E-state index in [1.165, 1.54) is 6.07 Å². The highest BCUT2D eigenvalue weighted by molar-refractivity contribution is 6.30. The second-order valence-electron chi connectivity index (χ2n) is 5.61. The third-order valence-corrected chi connectivity index (χ3v) is 4.32. The largest absolute Gasteiger partial charge is 0.311 e. The van der Waals surface area contributed by atoms with Gasteiger partial charge >= 0.3 is 0 Å². The first-order valence-electron chi connectivity index (χ1n) is 6.43. The number of halogens is 3. The van der Waals surface area contributed by atoms with Crippen LogP contribution in [0.4, 0.5) is 8.78 Å². The highest BCUT2D eigenvalue weighted by atomic mass is 35.5. The number of hydrogen-bond donors (Lipinski definition) is 1. The monoisotopic (exact) mass is 271 g/mol. The van der Waals surface area contributed by atoms with Crippen LogP contribution in [0.1, 0.15) is 31.2 Å². The molecule has 0 saturated carbocycles. The van der Waals surface area contributed by atoms with E-state index in [4.69, 9.17) is 11.6 Å². The molecule has 0 aliphatic carbocycles. The number of alkyl halides is 1. The van der Waals surface area contributed by atoms with Crippen molar-refractivity contribution in [3.8, 4) is 0 Å². The minimum Gasteiger partial charge on any atom is -0.311 e. The van der Waals surface area contributed by atoms with E-state index in [0.717, 1.165) is 12.8 Å². The Balaban J connectivity index is 1.79. The van der Waals surface area contributed by atoms with Crippen LogP contribution in [0.3, 0.4) is 0 Å². The van der Waals surface area contributed by atoms with Crippen LogP contribution in [-0.4, -0.2) is 17.8 Å². The lowest BCUT2D eigenvalue weighted by Gasteiger charge is -2.35. The summed E-state index contributed by atoms with van der Waals surface area (Å²) in [7, 11) is 0. The molecule has 2 fully saturated rings. The molecule has 1 N–H and O–H groups in total. The smallest absolute Gasteiger partial charge is 0.127 e. The van der Waals surface area contributed by atoms with E-state index in [-0.39, 0.29) is 18.5 Å². The minimum atomic E-state index is -1.27. The maximum absolute atomic E-state index is 14.8. The van der Waals surface area contributed by atoms with Gasteiger partial charge in [-0.3, -0.25) is 0 Å². The molecule has 4 heteroatoms. The summed E-state index contributed by atoms with van der Waals surface area (Å²) in [6.07, 6.45) is 3.22. The molecule has 2 aliphatic heterocycles. The van der Waals surface area contributed by atoms with Crippen molar-refractivity contribution >= 4 is 11.6 Å². The zero-order valence-electron chi connectivity index (χ0n) is 10.1. The molecule has 1 nitrogen and oxygen atoms in total. The van der Waals surface area contributed by atoms with E-state index in [1.54, 1.807) is 12.1 Å². The fraction of sp³-hybridized carbons (Fsp3) is 0.571. The summed E-state index contributed by atoms with van der Waals surface area (Å²) in [4.78, 5) is 0. The Morgan fingerprint density at radius 2 is 1.94 bits per heavy atom. The van der Waals surface area contributed by atoms with Gasteiger partial charge in [0.05, 0.1) is 0 Å². The van der Waals surface area contributed by atoms with Crippen molar-refractivity contribution in [3.05, 3.63) is 34.6 Å². The molecule has 0 radical (unpaired) electrons. The van der Waals surface area contributed by atoms with Gasteiger partial charge in [0.1, 0.15) is 11.5 Å². The van der Waals surface area contributed by atoms with Gasteiger partial charge in [-0.25, -0.2) is 8.78 Å². The standard InChI is InChI=1S/C14H16ClF2N/c15-10-2-1-9(13(16)5-10)6-14(17)7-11-3-4-12(8-14)18-11/h1-2,5,11-12,18H,3-4,6-8H2. The molecule has 2 atom stereocenters. The van der Waals surface area contributed by atoms with E-state index < -0.39 is 11.5 Å². The quantitative estimate of drug-likeness (QED) is 0.866. The SMILES string of the molecule is Fc1cc(Cl)ccc1CC1(F)CC2CCC(C1)N2. The van der Waals surface area contributed by atoms with Crippen molar-refractivity contribution in [1.29, 1.82) is 0 Å². The predicted octanol–water partition coefficient (Wildman–Crippen LogP) is 3.64. The minimum absolute atomic E-state index is 0.157. The first-order chi connectivity index (χ1) is 8.54. The summed E-state index contributed by atoms with van der Waals surface area (Å²) in [5.74, 6) is -0.398. The third kappa shape index (κ3) is 2.39. The first-order valence-corrected chi connectivity index (χ1v) is 6.81. The molecule has 3 rings (SSSR count). The molecule has 2 aliphatic rings. The number of nitrogens with one attached hydrogen (secondary N) is 1. The van der Waals surface area contributed by atoms with Crippen LogP contribution in [-0.2, 0) is 6.42 Å². The van der Waals surface area contributed by atoms with Crippen molar-refractivity contribution in [3.63, 3.8) is 0 Å². The van der Waals surface area contributed by atoms with Gasteiger partial charge in [0.25, 0.3) is 0 Å². The van der Waals surface area contributed by atoms with Gasteiger partial charge in [-0.05, 0) is 43.4 Å². The van der Waals surface area contributed by atoms with Crippen LogP contribution in [0, 0.1) is 5.82 Å². The van der Waals surface area contributed by atoms with Crippen LogP contribution in [0.2, 0.25) is 5.02 Å². The topological polar surface area (TPSA) is 12.0 Å². The average molecular weight is 272 g/mol. The predicted molar refractivity (Wildman–Crippen MR) is 68.1 cm³/mol. The van der Waals surface area contributed by atoms with Crippen molar-refractivity contribution < 1.29 is 8.78 Å². The summed E-state index contributed by atoms with van der Waals surface area (Å²) in [6, 6.07) is 5.02. The molecular weight excluding hydrogens is 256 g/mol. The molecule has 0 spiro atoms. The molecule has 98 valence electrons. The summed E-state index contributed by atoms with van der Waals surface area (Å²) < 4.78 is 28.6. The Kier molecular flexibility index (Phi) is 3.07. The third-order valence-electron chi connectivity index (χ3n) is 4.08. The number of fused-ring (bicyclic) bond motifs is 2. The first kappa shape index (κ1) is 12.4. The Morgan fingerprint density at radius 1 is 1.28 bits per heavy atom. The van der Waals surface area contributed by atoms with Gasteiger partial charge in [0.15, 0.2) is 0 Å². The molecule has 1 aromatic rings. The highest BCUT2D eigenvalue weighted by Gasteiger charge is 2.44. The normalized spacial score (nSPS) is 34.8. The van der Waals surface area contributed by atoms with Crippen molar-refractivity contribution in [2.75, 3.05) is 0 Å². The van der Waals surface area contributed by atoms with Gasteiger partial charge in [-0.1, -0.05) is 17.7 Å². The van der Waals surface area contributed by atoms with Crippen LogP contribution in [0.5, 0.6) is 0 Å². The lowest BCUT2D eigenvalue weighted by Crippen LogP contribution is -2.47. The molecule has 2 bridgehead atoms. The molecule has 18 heavy (non-hydrogen) atoms. The van der Waals surface area contributed by atoms with E-state index in [2.05, 4.69) is 5.32 Å². The van der Waals surface area contributed by atoms with Crippen LogP contribution >= 0.6 is 11.6 Å². The molecule has 2 saturated heterocycles. The van der Waals surface area contributed by atoms with Gasteiger partial charge in [0.2, 0.25) is 0 Å². The van der Waals surface area contributed by atoms with E-state index in [0.29, 0.717) is 23.4 Å². The van der Waals surface area contributed by atoms with Crippen molar-refractivity contribution in [2.24, 2.45) is 0 Å². The summed E-state index contributed by atoms with van der Waals surface area (Å²) in [5, 5.41) is 3.76. The van der Waals surface area contributed by atoms with Crippen LogP contribution < -0.4 is 5.32 Å². The van der Waals surface area contributed by atoms with Gasteiger partial charge in [-0.15, -0.1) is 0 Å². The van der Waals surface area contributed by atoms with Crippen molar-refractivity contribution in [2.45, 2.75) is 49.9 Å². The van der Waals surface area contributed by atoms with Crippen molar-refractivity contribution in [1.82, 2.24) is 5.32 Å². The van der Waals surface area contributed by atoms with Crippen LogP contribution in [0.25, 0.3) is 0 Å². The number of piperidine rings is 1. The van der Waals surface area contributed by atoms with E-state index >= 15 is 0 Å². The van der Waals surface area contributed by atoms with Crippen LogP contribution in [0.15, 0.2) is 18.2 Å². The summed E-state index contributed by atoms with van der Waals surface area (Å²) in [5.41, 5.74) is -0.839. The van der Waals surface area contributed by atoms with E-state index in [9.17, 15) is 8.78 Å². The number of hydrogen-bond acceptors (Lipinski definition) is 1. The maximum atomic E-state index is 14.8. The van der Waals surface area contributed by atoms with Gasteiger partial charge in [0, 0.05) is 23.5 Å². The molecule has 2 unspecified atom stereocenters. The Bertz CT molecular complexity index is 451. The second kappa shape index (κ2) is 4.46. The lowest BCUT2D eigenvalue weighted by molar-refractivity contribution is 0.0884. The fourth-order valence-electron chi connectivity index (χ4n) is 3.34. The molecular formula is C14H16ClF2N. The Morgan fingerprint density at radius 3 is 2.56 bits per heavy atom. The van der Waals surface area contributed by atoms with Gasteiger partial charge in [-0.2, -0.15) is 0 Å². The van der Waals surface area contributed by atoms with Gasteiger partial charge < -0.3 is 5.32 Å². The molecule has 1 aromatic carbocycles. The zero-order chi connectivity index (χ0) is 12.8. The maximum Gasteiger partial charge on any atom is 0.127 e. The summed E-state index contributed by atoms with van der Waals surface area (Å²) in [6.45, 7) is 0. The Hall–Kier alpha value is -0.670. The Labute approximate surface area is 111 Å². The zero-order valence-corrected chi connectivity index (χ0v) is 10.8. The summed E-state index contributed by atoms with van der Waals surface area (Å²) >= 11 is 5.71. The lowest BCUT2D eigenvalue weighted by atomic mass is 9.84. The molecule has 0 amide bonds. The number of rotatable bonds is 2. The fourth-order valence-corrected chi connectivity index (χ4v) is 3.50. The number of benzene rings is 1. The second-order valence-corrected chi connectivity index (χ2v) is 6.05. The highest BCUT2D eigenvalue weighted by Crippen LogP contribution is 2.39. The van der Waals surface area contributed by atoms with E-state index in [1.807, 2.05) is 0 Å². The molecule has 0 aromatic heterocycles. The average Bonchev–Trinajstić information content (AvgIpc) is 2.63. The molecule has 2 heterocycles.